The van der Waals surface area contributed by atoms with Crippen molar-refractivity contribution in [1.82, 2.24) is 14.8 Å². The summed E-state index contributed by atoms with van der Waals surface area (Å²) in [5, 5.41) is 8.66. The predicted octanol–water partition coefficient (Wildman–Crippen LogP) is 3.31. The number of aromatic nitrogens is 3. The number of halogens is 1. The fourth-order valence-corrected chi connectivity index (χ4v) is 3.22. The lowest BCUT2D eigenvalue weighted by Crippen LogP contribution is -2.23. The van der Waals surface area contributed by atoms with E-state index in [0.717, 1.165) is 5.56 Å². The lowest BCUT2D eigenvalue weighted by molar-refractivity contribution is -0.117. The molecule has 124 valence electrons. The summed E-state index contributed by atoms with van der Waals surface area (Å²) >= 11 is 4.58. The van der Waals surface area contributed by atoms with Crippen molar-refractivity contribution >= 4 is 33.6 Å². The van der Waals surface area contributed by atoms with Crippen LogP contribution in [0.4, 0.5) is 0 Å². The minimum absolute atomic E-state index is 0.392. The SMILES string of the molecule is C[C@@H](Sc1nnc(-c2ccc(Br)o2)n1Cc1ccccc1)C(N)=O. The summed E-state index contributed by atoms with van der Waals surface area (Å²) in [6.07, 6.45) is 0. The topological polar surface area (TPSA) is 86.9 Å². The van der Waals surface area contributed by atoms with E-state index in [-0.39, 0.29) is 0 Å². The van der Waals surface area contributed by atoms with Gasteiger partial charge in [0.2, 0.25) is 11.7 Å². The lowest BCUT2D eigenvalue weighted by Gasteiger charge is -2.11. The lowest BCUT2D eigenvalue weighted by atomic mass is 10.2. The molecule has 2 N–H and O–H groups in total. The second-order valence-electron chi connectivity index (χ2n) is 5.14. The highest BCUT2D eigenvalue weighted by atomic mass is 79.9. The molecule has 0 radical (unpaired) electrons. The van der Waals surface area contributed by atoms with E-state index in [1.165, 1.54) is 11.8 Å². The Balaban J connectivity index is 2.00. The van der Waals surface area contributed by atoms with Gasteiger partial charge in [0.25, 0.3) is 0 Å². The molecule has 1 aromatic carbocycles. The summed E-state index contributed by atoms with van der Waals surface area (Å²) in [4.78, 5) is 11.4. The van der Waals surface area contributed by atoms with Crippen LogP contribution in [0.3, 0.4) is 0 Å². The number of amides is 1. The molecule has 0 aliphatic rings. The van der Waals surface area contributed by atoms with Crippen LogP contribution in [0.25, 0.3) is 11.6 Å². The van der Waals surface area contributed by atoms with Gasteiger partial charge in [0.1, 0.15) is 0 Å². The molecule has 0 aliphatic heterocycles. The van der Waals surface area contributed by atoms with Crippen LogP contribution in [0.15, 0.2) is 56.7 Å². The summed E-state index contributed by atoms with van der Waals surface area (Å²) in [6.45, 7) is 2.31. The van der Waals surface area contributed by atoms with Gasteiger partial charge >= 0.3 is 0 Å². The number of thioether (sulfide) groups is 1. The Bertz CT molecular complexity index is 847. The number of carbonyl (C=O) groups excluding carboxylic acids is 1. The van der Waals surface area contributed by atoms with E-state index in [0.29, 0.717) is 28.0 Å². The van der Waals surface area contributed by atoms with E-state index in [2.05, 4.69) is 26.1 Å². The zero-order chi connectivity index (χ0) is 17.1. The monoisotopic (exact) mass is 406 g/mol. The first kappa shape index (κ1) is 16.8. The summed E-state index contributed by atoms with van der Waals surface area (Å²) in [5.41, 5.74) is 6.46. The van der Waals surface area contributed by atoms with Crippen LogP contribution in [0.5, 0.6) is 0 Å². The second kappa shape index (κ2) is 7.23. The van der Waals surface area contributed by atoms with Gasteiger partial charge in [-0.2, -0.15) is 0 Å². The van der Waals surface area contributed by atoms with Crippen molar-refractivity contribution in [2.24, 2.45) is 5.73 Å². The van der Waals surface area contributed by atoms with Crippen molar-refractivity contribution in [3.05, 3.63) is 52.7 Å². The average Bonchev–Trinajstić information content (AvgIpc) is 3.15. The largest absolute Gasteiger partial charge is 0.446 e. The molecule has 2 aromatic heterocycles. The van der Waals surface area contributed by atoms with Crippen LogP contribution in [0.2, 0.25) is 0 Å². The van der Waals surface area contributed by atoms with Crippen LogP contribution >= 0.6 is 27.7 Å². The van der Waals surface area contributed by atoms with Gasteiger partial charge in [-0.15, -0.1) is 10.2 Å². The van der Waals surface area contributed by atoms with Crippen molar-refractivity contribution < 1.29 is 9.21 Å². The number of furan rings is 1. The van der Waals surface area contributed by atoms with Crippen LogP contribution in [0, 0.1) is 0 Å². The zero-order valence-corrected chi connectivity index (χ0v) is 15.3. The number of rotatable bonds is 6. The van der Waals surface area contributed by atoms with Gasteiger partial charge in [0.05, 0.1) is 11.8 Å². The highest BCUT2D eigenvalue weighted by Crippen LogP contribution is 2.29. The number of nitrogens with zero attached hydrogens (tertiary/aromatic N) is 3. The maximum atomic E-state index is 11.4. The number of hydrogen-bond acceptors (Lipinski definition) is 5. The van der Waals surface area contributed by atoms with Gasteiger partial charge in [-0.05, 0) is 40.5 Å². The van der Waals surface area contributed by atoms with Crippen LogP contribution < -0.4 is 5.73 Å². The van der Waals surface area contributed by atoms with E-state index in [4.69, 9.17) is 10.2 Å². The summed E-state index contributed by atoms with van der Waals surface area (Å²) in [7, 11) is 0. The van der Waals surface area contributed by atoms with Gasteiger partial charge in [-0.25, -0.2) is 0 Å². The molecule has 1 amide bonds. The Kier molecular flexibility index (Phi) is 5.06. The smallest absolute Gasteiger partial charge is 0.230 e. The second-order valence-corrected chi connectivity index (χ2v) is 7.23. The molecule has 0 spiro atoms. The van der Waals surface area contributed by atoms with E-state index in [1.807, 2.05) is 41.0 Å². The highest BCUT2D eigenvalue weighted by Gasteiger charge is 2.21. The van der Waals surface area contributed by atoms with Gasteiger partial charge in [0, 0.05) is 0 Å². The summed E-state index contributed by atoms with van der Waals surface area (Å²) < 4.78 is 8.14. The molecule has 2 heterocycles. The quantitative estimate of drug-likeness (QED) is 0.634. The number of primary amides is 1. The third-order valence-electron chi connectivity index (χ3n) is 3.38. The fourth-order valence-electron chi connectivity index (χ4n) is 2.12. The molecule has 3 aromatic rings. The molecular weight excluding hydrogens is 392 g/mol. The zero-order valence-electron chi connectivity index (χ0n) is 12.8. The minimum atomic E-state index is -0.403. The van der Waals surface area contributed by atoms with Crippen LogP contribution in [0.1, 0.15) is 12.5 Å². The number of nitrogens with two attached hydrogens (primary N) is 1. The maximum absolute atomic E-state index is 11.4. The van der Waals surface area contributed by atoms with Gasteiger partial charge in [-0.1, -0.05) is 42.1 Å². The molecule has 0 unspecified atom stereocenters. The molecule has 0 fully saturated rings. The Labute approximate surface area is 151 Å². The predicted molar refractivity (Wildman–Crippen MR) is 95.5 cm³/mol. The van der Waals surface area contributed by atoms with Gasteiger partial charge in [0.15, 0.2) is 15.6 Å². The Morgan fingerprint density at radius 1 is 1.29 bits per heavy atom. The molecular formula is C16H15BrN4O2S. The summed E-state index contributed by atoms with van der Waals surface area (Å²) in [6, 6.07) is 13.6. The normalized spacial score (nSPS) is 12.2. The first-order chi connectivity index (χ1) is 11.5. The van der Waals surface area contributed by atoms with Crippen molar-refractivity contribution in [2.45, 2.75) is 23.9 Å². The maximum Gasteiger partial charge on any atom is 0.230 e. The van der Waals surface area contributed by atoms with Crippen molar-refractivity contribution in [1.29, 1.82) is 0 Å². The van der Waals surface area contributed by atoms with Gasteiger partial charge < -0.3 is 10.2 Å². The average molecular weight is 407 g/mol. The van der Waals surface area contributed by atoms with E-state index in [1.54, 1.807) is 13.0 Å². The minimum Gasteiger partial charge on any atom is -0.446 e. The first-order valence-electron chi connectivity index (χ1n) is 7.23. The highest BCUT2D eigenvalue weighted by molar-refractivity contribution is 9.10. The molecule has 8 heteroatoms. The van der Waals surface area contributed by atoms with Crippen molar-refractivity contribution in [3.8, 4) is 11.6 Å². The standard InChI is InChI=1S/C16H15BrN4O2S/c1-10(14(18)22)24-16-20-19-15(12-7-8-13(17)23-12)21(16)9-11-5-3-2-4-6-11/h2-8,10H,9H2,1H3,(H2,18,22)/t10-/m1/s1. The molecule has 6 nitrogen and oxygen atoms in total. The van der Waals surface area contributed by atoms with E-state index < -0.39 is 11.2 Å². The third kappa shape index (κ3) is 3.70. The summed E-state index contributed by atoms with van der Waals surface area (Å²) in [5.74, 6) is 0.809. The molecule has 3 rings (SSSR count). The Hall–Kier alpha value is -2.06. The van der Waals surface area contributed by atoms with Crippen LogP contribution in [-0.4, -0.2) is 25.9 Å². The number of carbonyl (C=O) groups is 1. The van der Waals surface area contributed by atoms with E-state index >= 15 is 0 Å². The van der Waals surface area contributed by atoms with Gasteiger partial charge in [-0.3, -0.25) is 9.36 Å². The molecule has 0 saturated carbocycles. The third-order valence-corrected chi connectivity index (χ3v) is 4.90. The number of hydrogen-bond donors (Lipinski definition) is 1. The van der Waals surface area contributed by atoms with Crippen molar-refractivity contribution in [3.63, 3.8) is 0 Å². The van der Waals surface area contributed by atoms with Crippen molar-refractivity contribution in [2.75, 3.05) is 0 Å². The molecule has 0 aliphatic carbocycles. The number of benzene rings is 1. The van der Waals surface area contributed by atoms with Crippen LogP contribution in [-0.2, 0) is 11.3 Å². The first-order valence-corrected chi connectivity index (χ1v) is 8.90. The van der Waals surface area contributed by atoms with E-state index in [9.17, 15) is 4.79 Å². The molecule has 0 bridgehead atoms. The Morgan fingerprint density at radius 2 is 2.04 bits per heavy atom. The fraction of sp³-hybridized carbons (Fsp3) is 0.188. The molecule has 1 atom stereocenters. The Morgan fingerprint density at radius 3 is 2.67 bits per heavy atom. The molecule has 24 heavy (non-hydrogen) atoms. The molecule has 0 saturated heterocycles.